The Balaban J connectivity index is 1.53. The second-order valence-corrected chi connectivity index (χ2v) is 11.7. The van der Waals surface area contributed by atoms with Crippen LogP contribution in [0.15, 0.2) is 12.1 Å². The third-order valence-electron chi connectivity index (χ3n) is 5.79. The predicted molar refractivity (Wildman–Crippen MR) is 114 cm³/mol. The SMILES string of the molecule is Cc1ccc(C(=O)CCC(=O)OCC(=O)N(C2CCCCC2)C2CCS(=O)(=O)C2)s1. The van der Waals surface area contributed by atoms with E-state index < -0.39 is 22.4 Å². The smallest absolute Gasteiger partial charge is 0.306 e. The van der Waals surface area contributed by atoms with Crippen molar-refractivity contribution in [2.45, 2.75) is 70.4 Å². The zero-order chi connectivity index (χ0) is 21.7. The molecule has 30 heavy (non-hydrogen) atoms. The number of rotatable bonds is 8. The topological polar surface area (TPSA) is 97.8 Å². The van der Waals surface area contributed by atoms with Gasteiger partial charge >= 0.3 is 5.97 Å². The number of ketones is 1. The maximum Gasteiger partial charge on any atom is 0.306 e. The standard InChI is InChI=1S/C21H29NO6S2/c1-15-7-9-19(29-15)18(23)8-10-21(25)28-13-20(24)22(16-5-3-2-4-6-16)17-11-12-30(26,27)14-17/h7,9,16-17H,2-6,8,10-14H2,1H3. The number of amides is 1. The van der Waals surface area contributed by atoms with E-state index in [0.29, 0.717) is 11.3 Å². The maximum absolute atomic E-state index is 12.9. The average molecular weight is 456 g/mol. The fourth-order valence-electron chi connectivity index (χ4n) is 4.27. The van der Waals surface area contributed by atoms with Crippen molar-refractivity contribution in [1.82, 2.24) is 4.90 Å². The number of carbonyl (C=O) groups excluding carboxylic acids is 3. The molecule has 1 amide bonds. The van der Waals surface area contributed by atoms with E-state index in [1.54, 1.807) is 11.0 Å². The largest absolute Gasteiger partial charge is 0.456 e. The van der Waals surface area contributed by atoms with E-state index in [4.69, 9.17) is 4.74 Å². The van der Waals surface area contributed by atoms with Crippen LogP contribution in [-0.4, -0.2) is 61.2 Å². The Labute approximate surface area is 181 Å². The van der Waals surface area contributed by atoms with Crippen molar-refractivity contribution in [2.24, 2.45) is 0 Å². The van der Waals surface area contributed by atoms with E-state index in [1.807, 2.05) is 13.0 Å². The van der Waals surface area contributed by atoms with E-state index in [-0.39, 0.29) is 48.1 Å². The van der Waals surface area contributed by atoms with E-state index in [1.165, 1.54) is 11.3 Å². The molecule has 1 aromatic heterocycles. The van der Waals surface area contributed by atoms with Crippen LogP contribution in [0.4, 0.5) is 0 Å². The van der Waals surface area contributed by atoms with Gasteiger partial charge in [-0.3, -0.25) is 14.4 Å². The fraction of sp³-hybridized carbons (Fsp3) is 0.667. The third-order valence-corrected chi connectivity index (χ3v) is 8.58. The molecule has 2 heterocycles. The lowest BCUT2D eigenvalue weighted by atomic mass is 9.93. The molecule has 3 rings (SSSR count). The van der Waals surface area contributed by atoms with E-state index in [9.17, 15) is 22.8 Å². The van der Waals surface area contributed by atoms with Gasteiger partial charge in [-0.25, -0.2) is 8.42 Å². The minimum atomic E-state index is -3.12. The summed E-state index contributed by atoms with van der Waals surface area (Å²) in [4.78, 5) is 40.4. The highest BCUT2D eigenvalue weighted by atomic mass is 32.2. The predicted octanol–water partition coefficient (Wildman–Crippen LogP) is 2.91. The molecule has 1 aliphatic heterocycles. The lowest BCUT2D eigenvalue weighted by Gasteiger charge is -2.38. The van der Waals surface area contributed by atoms with Crippen LogP contribution in [0, 0.1) is 6.92 Å². The highest BCUT2D eigenvalue weighted by Crippen LogP contribution is 2.28. The zero-order valence-corrected chi connectivity index (χ0v) is 18.9. The number of ether oxygens (including phenoxy) is 1. The Bertz CT molecular complexity index is 885. The van der Waals surface area contributed by atoms with E-state index >= 15 is 0 Å². The highest BCUT2D eigenvalue weighted by Gasteiger charge is 2.38. The van der Waals surface area contributed by atoms with Crippen LogP contribution in [0.5, 0.6) is 0 Å². The molecule has 0 radical (unpaired) electrons. The molecule has 2 fully saturated rings. The molecule has 7 nitrogen and oxygen atoms in total. The minimum Gasteiger partial charge on any atom is -0.456 e. The monoisotopic (exact) mass is 455 g/mol. The van der Waals surface area contributed by atoms with Crippen molar-refractivity contribution < 1.29 is 27.5 Å². The van der Waals surface area contributed by atoms with Gasteiger partial charge in [-0.1, -0.05) is 19.3 Å². The fourth-order valence-corrected chi connectivity index (χ4v) is 6.82. The second kappa shape index (κ2) is 10.0. The summed E-state index contributed by atoms with van der Waals surface area (Å²) in [6, 6.07) is 3.27. The Morgan fingerprint density at radius 1 is 1.07 bits per heavy atom. The molecule has 1 aromatic rings. The molecule has 9 heteroatoms. The summed E-state index contributed by atoms with van der Waals surface area (Å²) >= 11 is 1.39. The van der Waals surface area contributed by atoms with Gasteiger partial charge in [0.05, 0.1) is 22.8 Å². The van der Waals surface area contributed by atoms with Gasteiger partial charge < -0.3 is 9.64 Å². The van der Waals surface area contributed by atoms with Gasteiger partial charge in [0.1, 0.15) is 0 Å². The Kier molecular flexibility index (Phi) is 7.68. The first-order chi connectivity index (χ1) is 14.2. The molecule has 1 saturated heterocycles. The molecule has 1 atom stereocenters. The van der Waals surface area contributed by atoms with Crippen molar-refractivity contribution >= 4 is 38.8 Å². The first-order valence-electron chi connectivity index (χ1n) is 10.5. The Morgan fingerprint density at radius 2 is 1.80 bits per heavy atom. The Hall–Kier alpha value is -1.74. The molecule has 0 spiro atoms. The summed E-state index contributed by atoms with van der Waals surface area (Å²) in [5.74, 6) is -0.961. The number of aryl methyl sites for hydroxylation is 1. The summed E-state index contributed by atoms with van der Waals surface area (Å²) in [6.07, 6.45) is 5.25. The highest BCUT2D eigenvalue weighted by molar-refractivity contribution is 7.91. The van der Waals surface area contributed by atoms with Gasteiger partial charge in [-0.05, 0) is 38.3 Å². The first kappa shape index (κ1) is 22.9. The summed E-state index contributed by atoms with van der Waals surface area (Å²) in [5.41, 5.74) is 0. The minimum absolute atomic E-state index is 0.00639. The number of Topliss-reactive ketones (excluding diaryl/α,β-unsaturated/α-hetero) is 1. The van der Waals surface area contributed by atoms with Crippen LogP contribution in [0.3, 0.4) is 0 Å². The Morgan fingerprint density at radius 3 is 2.40 bits per heavy atom. The number of esters is 1. The normalized spacial score (nSPS) is 21.3. The molecule has 0 N–H and O–H groups in total. The van der Waals surface area contributed by atoms with Crippen LogP contribution >= 0.6 is 11.3 Å². The van der Waals surface area contributed by atoms with Crippen molar-refractivity contribution in [3.8, 4) is 0 Å². The van der Waals surface area contributed by atoms with Crippen molar-refractivity contribution in [3.05, 3.63) is 21.9 Å². The lowest BCUT2D eigenvalue weighted by Crippen LogP contribution is -2.50. The number of carbonyl (C=O) groups is 3. The summed E-state index contributed by atoms with van der Waals surface area (Å²) in [5, 5.41) is 0. The number of nitrogens with zero attached hydrogens (tertiary/aromatic N) is 1. The van der Waals surface area contributed by atoms with Crippen molar-refractivity contribution in [1.29, 1.82) is 0 Å². The van der Waals surface area contributed by atoms with Crippen LogP contribution in [0.1, 0.15) is 65.9 Å². The maximum atomic E-state index is 12.9. The zero-order valence-electron chi connectivity index (χ0n) is 17.3. The summed E-state index contributed by atoms with van der Waals surface area (Å²) < 4.78 is 29.0. The van der Waals surface area contributed by atoms with Gasteiger partial charge in [0.25, 0.3) is 5.91 Å². The van der Waals surface area contributed by atoms with Crippen LogP contribution in [-0.2, 0) is 24.2 Å². The molecule has 2 aliphatic rings. The summed E-state index contributed by atoms with van der Waals surface area (Å²) in [7, 11) is -3.12. The van der Waals surface area contributed by atoms with Gasteiger partial charge in [0, 0.05) is 23.4 Å². The third kappa shape index (κ3) is 6.14. The van der Waals surface area contributed by atoms with E-state index in [0.717, 1.165) is 37.0 Å². The quantitative estimate of drug-likeness (QED) is 0.442. The number of hydrogen-bond acceptors (Lipinski definition) is 7. The van der Waals surface area contributed by atoms with Crippen LogP contribution in [0.2, 0.25) is 0 Å². The van der Waals surface area contributed by atoms with Crippen LogP contribution in [0.25, 0.3) is 0 Å². The summed E-state index contributed by atoms with van der Waals surface area (Å²) in [6.45, 7) is 1.51. The van der Waals surface area contributed by atoms with E-state index in [2.05, 4.69) is 0 Å². The molecule has 1 aliphatic carbocycles. The first-order valence-corrected chi connectivity index (χ1v) is 13.2. The molecule has 0 aromatic carbocycles. The lowest BCUT2D eigenvalue weighted by molar-refractivity contribution is -0.154. The van der Waals surface area contributed by atoms with Gasteiger partial charge in [0.2, 0.25) is 0 Å². The molecular weight excluding hydrogens is 426 g/mol. The molecule has 1 unspecified atom stereocenters. The number of thiophene rings is 1. The molecule has 1 saturated carbocycles. The number of hydrogen-bond donors (Lipinski definition) is 0. The molecule has 166 valence electrons. The molecule has 0 bridgehead atoms. The second-order valence-electron chi connectivity index (χ2n) is 8.14. The van der Waals surface area contributed by atoms with Gasteiger partial charge in [0.15, 0.2) is 22.2 Å². The van der Waals surface area contributed by atoms with Crippen molar-refractivity contribution in [3.63, 3.8) is 0 Å². The van der Waals surface area contributed by atoms with Crippen LogP contribution < -0.4 is 0 Å². The van der Waals surface area contributed by atoms with Gasteiger partial charge in [-0.2, -0.15) is 0 Å². The average Bonchev–Trinajstić information content (AvgIpc) is 3.30. The molecular formula is C21H29NO6S2. The van der Waals surface area contributed by atoms with Gasteiger partial charge in [-0.15, -0.1) is 11.3 Å². The number of sulfone groups is 1. The van der Waals surface area contributed by atoms with Crippen molar-refractivity contribution in [2.75, 3.05) is 18.1 Å².